The van der Waals surface area contributed by atoms with E-state index in [2.05, 4.69) is 44.3 Å². The van der Waals surface area contributed by atoms with E-state index in [1.807, 2.05) is 45.0 Å². The van der Waals surface area contributed by atoms with Gasteiger partial charge in [0.1, 0.15) is 41.1 Å². The Morgan fingerprint density at radius 1 is 1.09 bits per heavy atom. The number of aromatic nitrogens is 6. The lowest BCUT2D eigenvalue weighted by molar-refractivity contribution is -0.128. The molecule has 0 N–H and O–H groups in total. The third-order valence-electron chi connectivity index (χ3n) is 7.62. The van der Waals surface area contributed by atoms with E-state index in [1.165, 1.54) is 0 Å². The van der Waals surface area contributed by atoms with Crippen molar-refractivity contribution in [1.29, 1.82) is 0 Å². The third kappa shape index (κ3) is 6.92. The molecule has 0 radical (unpaired) electrons. The molecule has 5 aromatic rings. The van der Waals surface area contributed by atoms with Crippen LogP contribution in [-0.4, -0.2) is 73.2 Å². The van der Waals surface area contributed by atoms with Crippen LogP contribution in [0.2, 0.25) is 30.7 Å². The molecule has 0 saturated heterocycles. The van der Waals surface area contributed by atoms with Gasteiger partial charge in [0.15, 0.2) is 0 Å². The fourth-order valence-electron chi connectivity index (χ4n) is 5.04. The number of hydrogen-bond donors (Lipinski definition) is 0. The molecule has 45 heavy (non-hydrogen) atoms. The maximum Gasteiger partial charge on any atom is 0.249 e. The van der Waals surface area contributed by atoms with Crippen molar-refractivity contribution in [3.05, 3.63) is 59.8 Å². The van der Waals surface area contributed by atoms with Gasteiger partial charge in [-0.25, -0.2) is 9.97 Å². The maximum absolute atomic E-state index is 12.7. The van der Waals surface area contributed by atoms with E-state index in [1.54, 1.807) is 40.6 Å². The number of hydrogen-bond acceptors (Lipinski definition) is 8. The van der Waals surface area contributed by atoms with Crippen molar-refractivity contribution in [2.24, 2.45) is 4.99 Å². The summed E-state index contributed by atoms with van der Waals surface area (Å²) in [6, 6.07) is 10.5. The predicted molar refractivity (Wildman–Crippen MR) is 179 cm³/mol. The SMILES string of the molecule is Cc1nc2ccc(Oc3ccc4ncc(-c5cnn(CC(=O)N6C=NC(C)(C)C6)c5)nc4c3Cl)cc2n1COCC[Si](C)(C)C. The summed E-state index contributed by atoms with van der Waals surface area (Å²) in [6.07, 6.45) is 6.70. The number of rotatable bonds is 10. The topological polar surface area (TPSA) is 113 Å². The molecule has 0 unspecified atom stereocenters. The second kappa shape index (κ2) is 12.0. The third-order valence-corrected chi connectivity index (χ3v) is 9.69. The highest BCUT2D eigenvalue weighted by Gasteiger charge is 2.28. The van der Waals surface area contributed by atoms with Crippen molar-refractivity contribution < 1.29 is 14.3 Å². The molecule has 0 aliphatic carbocycles. The Labute approximate surface area is 267 Å². The van der Waals surface area contributed by atoms with Crippen LogP contribution >= 0.6 is 11.6 Å². The smallest absolute Gasteiger partial charge is 0.249 e. The monoisotopic (exact) mass is 644 g/mol. The lowest BCUT2D eigenvalue weighted by atomic mass is 10.1. The van der Waals surface area contributed by atoms with E-state index in [0.29, 0.717) is 46.5 Å². The van der Waals surface area contributed by atoms with Crippen LogP contribution in [0.5, 0.6) is 11.5 Å². The van der Waals surface area contributed by atoms with Crippen LogP contribution in [0, 0.1) is 6.92 Å². The summed E-state index contributed by atoms with van der Waals surface area (Å²) in [7, 11) is -1.17. The van der Waals surface area contributed by atoms with Crippen LogP contribution in [0.25, 0.3) is 33.3 Å². The summed E-state index contributed by atoms with van der Waals surface area (Å²) < 4.78 is 15.9. The highest BCUT2D eigenvalue weighted by molar-refractivity contribution is 6.76. The zero-order valence-electron chi connectivity index (χ0n) is 26.4. The average Bonchev–Trinajstić information content (AvgIpc) is 3.68. The number of imidazole rings is 1. The number of benzene rings is 2. The Kier molecular flexibility index (Phi) is 8.23. The summed E-state index contributed by atoms with van der Waals surface area (Å²) in [5.41, 5.74) is 3.96. The van der Waals surface area contributed by atoms with Crippen LogP contribution in [0.1, 0.15) is 19.7 Å². The summed E-state index contributed by atoms with van der Waals surface area (Å²) >= 11 is 6.85. The molecule has 4 heterocycles. The Balaban J connectivity index is 1.20. The number of nitrogens with zero attached hydrogens (tertiary/aromatic N) is 8. The van der Waals surface area contributed by atoms with Gasteiger partial charge in [-0.15, -0.1) is 0 Å². The summed E-state index contributed by atoms with van der Waals surface area (Å²) in [5, 5.41) is 4.72. The Hall–Kier alpha value is -4.13. The van der Waals surface area contributed by atoms with Crippen LogP contribution in [0.3, 0.4) is 0 Å². The fourth-order valence-corrected chi connectivity index (χ4v) is 6.04. The van der Waals surface area contributed by atoms with Gasteiger partial charge in [-0.3, -0.25) is 24.4 Å². The zero-order valence-corrected chi connectivity index (χ0v) is 28.2. The van der Waals surface area contributed by atoms with Gasteiger partial charge >= 0.3 is 0 Å². The molecule has 3 aromatic heterocycles. The molecule has 2 aromatic carbocycles. The normalized spacial score (nSPS) is 14.6. The fraction of sp³-hybridized carbons (Fsp3) is 0.375. The van der Waals surface area contributed by atoms with Gasteiger partial charge in [0.2, 0.25) is 5.91 Å². The van der Waals surface area contributed by atoms with Gasteiger partial charge in [0, 0.05) is 32.5 Å². The van der Waals surface area contributed by atoms with E-state index >= 15 is 0 Å². The van der Waals surface area contributed by atoms with Crippen molar-refractivity contribution in [1.82, 2.24) is 34.2 Å². The quantitative estimate of drug-likeness (QED) is 0.125. The molecular formula is C32H37ClN8O3Si. The van der Waals surface area contributed by atoms with Gasteiger partial charge in [0.25, 0.3) is 0 Å². The van der Waals surface area contributed by atoms with Crippen molar-refractivity contribution in [2.75, 3.05) is 13.2 Å². The first-order chi connectivity index (χ1) is 21.3. The molecule has 0 bridgehead atoms. The van der Waals surface area contributed by atoms with Crippen LogP contribution < -0.4 is 4.74 Å². The zero-order chi connectivity index (χ0) is 31.9. The number of carbonyl (C=O) groups excluding carboxylic acids is 1. The summed E-state index contributed by atoms with van der Waals surface area (Å²) in [6.45, 7) is 14.8. The van der Waals surface area contributed by atoms with Crippen molar-refractivity contribution in [3.63, 3.8) is 0 Å². The van der Waals surface area contributed by atoms with Crippen LogP contribution in [0.15, 0.2) is 53.9 Å². The Morgan fingerprint density at radius 2 is 1.89 bits per heavy atom. The number of amides is 1. The minimum Gasteiger partial charge on any atom is -0.456 e. The molecule has 1 aliphatic heterocycles. The minimum absolute atomic E-state index is 0.0839. The highest BCUT2D eigenvalue weighted by atomic mass is 35.5. The molecule has 6 rings (SSSR count). The lowest BCUT2D eigenvalue weighted by Gasteiger charge is -2.18. The second-order valence-electron chi connectivity index (χ2n) is 13.2. The van der Waals surface area contributed by atoms with Gasteiger partial charge in [0.05, 0.1) is 53.1 Å². The molecule has 0 atom stereocenters. The predicted octanol–water partition coefficient (Wildman–Crippen LogP) is 6.56. The standard InChI is InChI=1S/C32H37ClN8O3Si/c1-21-37-24-8-7-23(13-27(24)41(21)20-43-11-12-45(4,5)6)44-28-10-9-25-31(30(28)33)38-26(15-34-25)22-14-36-40(16-22)17-29(42)39-18-32(2,3)35-19-39/h7-10,13-16,19H,11-12,17-18,20H2,1-6H3. The molecule has 0 fully saturated rings. The first-order valence-corrected chi connectivity index (χ1v) is 19.0. The first kappa shape index (κ1) is 30.9. The van der Waals surface area contributed by atoms with Crippen LogP contribution in [0.4, 0.5) is 0 Å². The highest BCUT2D eigenvalue weighted by Crippen LogP contribution is 2.36. The molecule has 0 saturated carbocycles. The molecule has 0 spiro atoms. The summed E-state index contributed by atoms with van der Waals surface area (Å²) in [4.78, 5) is 32.8. The molecule has 1 amide bonds. The van der Waals surface area contributed by atoms with E-state index in [0.717, 1.165) is 35.1 Å². The van der Waals surface area contributed by atoms with Gasteiger partial charge < -0.3 is 14.0 Å². The number of halogens is 1. The molecular weight excluding hydrogens is 608 g/mol. The minimum atomic E-state index is -1.17. The largest absolute Gasteiger partial charge is 0.456 e. The van der Waals surface area contributed by atoms with Gasteiger partial charge in [-0.2, -0.15) is 5.10 Å². The number of aliphatic imine (C=N–C) groups is 1. The Morgan fingerprint density at radius 3 is 2.64 bits per heavy atom. The van der Waals surface area contributed by atoms with E-state index < -0.39 is 8.07 Å². The first-order valence-electron chi connectivity index (χ1n) is 14.9. The maximum atomic E-state index is 12.7. The second-order valence-corrected chi connectivity index (χ2v) is 19.2. The van der Waals surface area contributed by atoms with E-state index in [9.17, 15) is 4.79 Å². The molecule has 11 nitrogen and oxygen atoms in total. The number of carbonyl (C=O) groups is 1. The average molecular weight is 645 g/mol. The Bertz CT molecular complexity index is 1930. The van der Waals surface area contributed by atoms with Gasteiger partial charge in [-0.05, 0) is 51.1 Å². The summed E-state index contributed by atoms with van der Waals surface area (Å²) in [5.74, 6) is 1.87. The van der Waals surface area contributed by atoms with E-state index in [4.69, 9.17) is 26.1 Å². The number of fused-ring (bicyclic) bond motifs is 2. The number of ether oxygens (including phenoxy) is 2. The molecule has 1 aliphatic rings. The van der Waals surface area contributed by atoms with Crippen molar-refractivity contribution in [2.45, 2.75) is 65.3 Å². The molecule has 13 heteroatoms. The number of aryl methyl sites for hydroxylation is 1. The van der Waals surface area contributed by atoms with Crippen molar-refractivity contribution in [3.8, 4) is 22.8 Å². The van der Waals surface area contributed by atoms with Crippen molar-refractivity contribution >= 4 is 54.0 Å². The molecule has 234 valence electrons. The van der Waals surface area contributed by atoms with Crippen LogP contribution in [-0.2, 0) is 22.8 Å². The van der Waals surface area contributed by atoms with Gasteiger partial charge in [-0.1, -0.05) is 31.2 Å². The van der Waals surface area contributed by atoms with E-state index in [-0.39, 0.29) is 18.0 Å². The lowest BCUT2D eigenvalue weighted by Crippen LogP contribution is -2.36.